The van der Waals surface area contributed by atoms with E-state index in [1.807, 2.05) is 0 Å². The van der Waals surface area contributed by atoms with Crippen LogP contribution in [0.5, 0.6) is 0 Å². The smallest absolute Gasteiger partial charge is 0.194 e. The van der Waals surface area contributed by atoms with Crippen molar-refractivity contribution in [3.63, 3.8) is 0 Å². The third kappa shape index (κ3) is 2.81. The van der Waals surface area contributed by atoms with E-state index in [1.165, 1.54) is 27.4 Å². The highest BCUT2D eigenvalue weighted by Crippen LogP contribution is 2.35. The van der Waals surface area contributed by atoms with E-state index < -0.39 is 0 Å². The number of benzene rings is 1. The van der Waals surface area contributed by atoms with Crippen LogP contribution in [0.1, 0.15) is 48.5 Å². The van der Waals surface area contributed by atoms with Crippen LogP contribution < -0.4 is 5.73 Å². The summed E-state index contributed by atoms with van der Waals surface area (Å²) in [5, 5.41) is 0. The summed E-state index contributed by atoms with van der Waals surface area (Å²) in [4.78, 5) is 7.24. The zero-order chi connectivity index (χ0) is 16.6. The van der Waals surface area contributed by atoms with Crippen molar-refractivity contribution in [2.75, 3.05) is 6.54 Å². The van der Waals surface area contributed by atoms with E-state index in [0.717, 1.165) is 23.5 Å². The number of hydrogen-bond donors (Lipinski definition) is 1. The van der Waals surface area contributed by atoms with Crippen molar-refractivity contribution in [2.45, 2.75) is 46.5 Å². The van der Waals surface area contributed by atoms with Gasteiger partial charge in [-0.15, -0.1) is 11.3 Å². The van der Waals surface area contributed by atoms with E-state index in [1.54, 1.807) is 11.3 Å². The first-order chi connectivity index (χ1) is 11.1. The van der Waals surface area contributed by atoms with Crippen molar-refractivity contribution in [2.24, 2.45) is 5.73 Å². The average Bonchev–Trinajstić information content (AvgIpc) is 3.03. The van der Waals surface area contributed by atoms with Crippen molar-refractivity contribution in [3.05, 3.63) is 46.1 Å². The maximum atomic E-state index is 5.82. The predicted octanol–water partition coefficient (Wildman–Crippen LogP) is 4.56. The van der Waals surface area contributed by atoms with E-state index in [4.69, 9.17) is 10.7 Å². The Morgan fingerprint density at radius 2 is 1.91 bits per heavy atom. The maximum absolute atomic E-state index is 5.82. The number of aromatic nitrogens is 2. The van der Waals surface area contributed by atoms with Crippen LogP contribution in [0.2, 0.25) is 0 Å². The lowest BCUT2D eigenvalue weighted by atomic mass is 10.0. The Morgan fingerprint density at radius 3 is 2.48 bits per heavy atom. The van der Waals surface area contributed by atoms with Crippen molar-refractivity contribution < 1.29 is 0 Å². The minimum Gasteiger partial charge on any atom is -0.330 e. The summed E-state index contributed by atoms with van der Waals surface area (Å²) in [5.41, 5.74) is 12.1. The second-order valence-electron chi connectivity index (χ2n) is 6.30. The van der Waals surface area contributed by atoms with Crippen LogP contribution in [0.25, 0.3) is 16.2 Å². The molecule has 23 heavy (non-hydrogen) atoms. The average molecular weight is 327 g/mol. The highest BCUT2D eigenvalue weighted by atomic mass is 32.1. The molecule has 2 heterocycles. The topological polar surface area (TPSA) is 43.3 Å². The van der Waals surface area contributed by atoms with Gasteiger partial charge in [-0.1, -0.05) is 45.0 Å². The summed E-state index contributed by atoms with van der Waals surface area (Å²) in [6, 6.07) is 8.99. The first-order valence-corrected chi connectivity index (χ1v) is 9.18. The molecule has 0 aliphatic carbocycles. The van der Waals surface area contributed by atoms with E-state index >= 15 is 0 Å². The molecule has 0 aliphatic rings. The SMILES string of the molecule is CCc1sc2nc(C)c(CCN)n2c1-c1ccc(C(C)C)cc1. The minimum absolute atomic E-state index is 0.556. The van der Waals surface area contributed by atoms with E-state index in [9.17, 15) is 0 Å². The summed E-state index contributed by atoms with van der Waals surface area (Å²) < 4.78 is 2.33. The number of nitrogens with zero attached hydrogens (tertiary/aromatic N) is 2. The molecule has 0 unspecified atom stereocenters. The summed E-state index contributed by atoms with van der Waals surface area (Å²) in [5.74, 6) is 0.556. The molecule has 1 aromatic carbocycles. The third-order valence-electron chi connectivity index (χ3n) is 4.40. The summed E-state index contributed by atoms with van der Waals surface area (Å²) in [7, 11) is 0. The molecule has 0 radical (unpaired) electrons. The van der Waals surface area contributed by atoms with Gasteiger partial charge in [0.2, 0.25) is 0 Å². The Hall–Kier alpha value is -1.65. The molecule has 4 heteroatoms. The van der Waals surface area contributed by atoms with Crippen LogP contribution in [0.15, 0.2) is 24.3 Å². The number of imidazole rings is 1. The molecule has 0 saturated heterocycles. The number of aryl methyl sites for hydroxylation is 2. The van der Waals surface area contributed by atoms with Crippen molar-refractivity contribution >= 4 is 16.3 Å². The fraction of sp³-hybridized carbons (Fsp3) is 0.421. The number of fused-ring (bicyclic) bond motifs is 1. The molecule has 3 rings (SSSR count). The molecule has 0 spiro atoms. The third-order valence-corrected chi connectivity index (χ3v) is 5.58. The summed E-state index contributed by atoms with van der Waals surface area (Å²) >= 11 is 1.80. The van der Waals surface area contributed by atoms with Gasteiger partial charge in [-0.25, -0.2) is 4.98 Å². The van der Waals surface area contributed by atoms with Crippen LogP contribution in [-0.4, -0.2) is 15.9 Å². The van der Waals surface area contributed by atoms with Crippen LogP contribution in [0.4, 0.5) is 0 Å². The van der Waals surface area contributed by atoms with Gasteiger partial charge in [0, 0.05) is 17.0 Å². The van der Waals surface area contributed by atoms with Crippen LogP contribution >= 0.6 is 11.3 Å². The largest absolute Gasteiger partial charge is 0.330 e. The Bertz CT molecular complexity index is 809. The van der Waals surface area contributed by atoms with E-state index in [-0.39, 0.29) is 0 Å². The molecule has 3 aromatic rings. The highest BCUT2D eigenvalue weighted by molar-refractivity contribution is 7.17. The Kier molecular flexibility index (Phi) is 4.55. The fourth-order valence-electron chi connectivity index (χ4n) is 3.10. The molecule has 122 valence electrons. The summed E-state index contributed by atoms with van der Waals surface area (Å²) in [6.45, 7) is 9.41. The standard InChI is InChI=1S/C19H25N3S/c1-5-17-18(15-8-6-14(7-9-15)12(2)3)22-16(10-11-20)13(4)21-19(22)23-17/h6-9,12H,5,10-11,20H2,1-4H3. The molecule has 0 amide bonds. The van der Waals surface area contributed by atoms with Crippen molar-refractivity contribution in [1.82, 2.24) is 9.38 Å². The molecule has 0 fully saturated rings. The van der Waals surface area contributed by atoms with E-state index in [2.05, 4.69) is 56.4 Å². The Morgan fingerprint density at radius 1 is 1.22 bits per heavy atom. The number of rotatable bonds is 5. The lowest BCUT2D eigenvalue weighted by Crippen LogP contribution is -2.07. The molecule has 0 atom stereocenters. The van der Waals surface area contributed by atoms with Gasteiger partial charge < -0.3 is 5.73 Å². The zero-order valence-corrected chi connectivity index (χ0v) is 15.2. The molecule has 0 bridgehead atoms. The Labute approximate surface area is 142 Å². The fourth-order valence-corrected chi connectivity index (χ4v) is 4.25. The molecule has 0 aliphatic heterocycles. The lowest BCUT2D eigenvalue weighted by molar-refractivity contribution is 0.866. The zero-order valence-electron chi connectivity index (χ0n) is 14.4. The molecular formula is C19H25N3S. The molecule has 2 aromatic heterocycles. The number of hydrogen-bond acceptors (Lipinski definition) is 3. The molecule has 0 saturated carbocycles. The molecular weight excluding hydrogens is 302 g/mol. The van der Waals surface area contributed by atoms with Gasteiger partial charge in [-0.05, 0) is 36.9 Å². The van der Waals surface area contributed by atoms with Gasteiger partial charge in [-0.2, -0.15) is 0 Å². The lowest BCUT2D eigenvalue weighted by Gasteiger charge is -2.10. The van der Waals surface area contributed by atoms with Crippen molar-refractivity contribution in [3.8, 4) is 11.3 Å². The monoisotopic (exact) mass is 327 g/mol. The molecule has 3 nitrogen and oxygen atoms in total. The second-order valence-corrected chi connectivity index (χ2v) is 7.37. The van der Waals surface area contributed by atoms with E-state index in [0.29, 0.717) is 12.5 Å². The van der Waals surface area contributed by atoms with Crippen LogP contribution in [0, 0.1) is 6.92 Å². The van der Waals surface area contributed by atoms with Crippen LogP contribution in [0.3, 0.4) is 0 Å². The van der Waals surface area contributed by atoms with Crippen molar-refractivity contribution in [1.29, 1.82) is 0 Å². The second kappa shape index (κ2) is 6.46. The Balaban J connectivity index is 2.21. The number of nitrogens with two attached hydrogens (primary N) is 1. The van der Waals surface area contributed by atoms with Gasteiger partial charge in [0.1, 0.15) is 0 Å². The first kappa shape index (κ1) is 16.2. The quantitative estimate of drug-likeness (QED) is 0.746. The first-order valence-electron chi connectivity index (χ1n) is 8.36. The van der Waals surface area contributed by atoms with Gasteiger partial charge in [-0.3, -0.25) is 4.40 Å². The van der Waals surface area contributed by atoms with Gasteiger partial charge >= 0.3 is 0 Å². The van der Waals surface area contributed by atoms with Crippen LogP contribution in [-0.2, 0) is 12.8 Å². The van der Waals surface area contributed by atoms with Gasteiger partial charge in [0.05, 0.1) is 11.4 Å². The maximum Gasteiger partial charge on any atom is 0.194 e. The minimum atomic E-state index is 0.556. The van der Waals surface area contributed by atoms with Gasteiger partial charge in [0.25, 0.3) is 0 Å². The van der Waals surface area contributed by atoms with Gasteiger partial charge in [0.15, 0.2) is 4.96 Å². The number of thiazole rings is 1. The normalized spacial score (nSPS) is 11.7. The summed E-state index contributed by atoms with van der Waals surface area (Å²) in [6.07, 6.45) is 1.89. The molecule has 2 N–H and O–H groups in total. The predicted molar refractivity (Wildman–Crippen MR) is 99.5 cm³/mol. The highest BCUT2D eigenvalue weighted by Gasteiger charge is 2.19.